The van der Waals surface area contributed by atoms with Gasteiger partial charge in [-0.3, -0.25) is 0 Å². The molecule has 0 radical (unpaired) electrons. The van der Waals surface area contributed by atoms with Gasteiger partial charge in [-0.25, -0.2) is 4.79 Å². The molecule has 1 N–H and O–H groups in total. The van der Waals surface area contributed by atoms with Gasteiger partial charge in [0.25, 0.3) is 0 Å². The number of aryl methyl sites for hydroxylation is 1. The maximum absolute atomic E-state index is 11.0. The molecule has 0 fully saturated rings. The van der Waals surface area contributed by atoms with Crippen molar-refractivity contribution >= 4 is 37.8 Å². The molecule has 0 aliphatic carbocycles. The van der Waals surface area contributed by atoms with Gasteiger partial charge in [-0.1, -0.05) is 50.1 Å². The monoisotopic (exact) mass is 348 g/mol. The summed E-state index contributed by atoms with van der Waals surface area (Å²) in [7, 11) is 0. The molecule has 1 unspecified atom stereocenters. The largest absolute Gasteiger partial charge is 0.478 e. The van der Waals surface area contributed by atoms with Gasteiger partial charge in [-0.05, 0) is 30.9 Å². The highest BCUT2D eigenvalue weighted by atomic mass is 79.9. The van der Waals surface area contributed by atoms with Gasteiger partial charge in [0.1, 0.15) is 0 Å². The summed E-state index contributed by atoms with van der Waals surface area (Å²) in [6, 6.07) is 7.20. The molecule has 0 aliphatic rings. The third kappa shape index (κ3) is 4.26. The van der Waals surface area contributed by atoms with Crippen molar-refractivity contribution in [2.45, 2.75) is 24.1 Å². The predicted molar refractivity (Wildman–Crippen MR) is 72.8 cm³/mol. The molecule has 2 nitrogen and oxygen atoms in total. The Morgan fingerprint density at radius 2 is 2.06 bits per heavy atom. The summed E-state index contributed by atoms with van der Waals surface area (Å²) in [5, 5.41) is 9.93. The molecule has 1 rings (SSSR count). The molecule has 88 valence electrons. The molecule has 0 spiro atoms. The van der Waals surface area contributed by atoms with Crippen LogP contribution in [0.3, 0.4) is 0 Å². The Labute approximate surface area is 112 Å². The summed E-state index contributed by atoms with van der Waals surface area (Å²) < 4.78 is 0. The number of halogens is 2. The van der Waals surface area contributed by atoms with Crippen molar-refractivity contribution in [3.63, 3.8) is 0 Å². The van der Waals surface area contributed by atoms with Gasteiger partial charge in [-0.15, -0.1) is 0 Å². The molecular formula is C12H14Br2O2. The normalized spacial score (nSPS) is 12.4. The second-order valence-electron chi connectivity index (χ2n) is 3.61. The fraction of sp³-hybridized carbons (Fsp3) is 0.417. The minimum atomic E-state index is -0.841. The van der Waals surface area contributed by atoms with E-state index in [1.165, 1.54) is 0 Å². The highest BCUT2D eigenvalue weighted by Gasteiger charge is 2.09. The number of carboxylic acids is 1. The summed E-state index contributed by atoms with van der Waals surface area (Å²) in [5.41, 5.74) is 1.34. The molecule has 16 heavy (non-hydrogen) atoms. The van der Waals surface area contributed by atoms with Gasteiger partial charge in [0.05, 0.1) is 5.56 Å². The number of aromatic carboxylic acids is 1. The first-order chi connectivity index (χ1) is 7.65. The Morgan fingerprint density at radius 1 is 1.38 bits per heavy atom. The Bertz CT molecular complexity index is 353. The molecule has 4 heteroatoms. The molecule has 0 aliphatic heterocycles. The van der Waals surface area contributed by atoms with E-state index < -0.39 is 5.97 Å². The van der Waals surface area contributed by atoms with E-state index in [1.807, 2.05) is 12.1 Å². The Morgan fingerprint density at radius 3 is 2.69 bits per heavy atom. The lowest BCUT2D eigenvalue weighted by Crippen LogP contribution is -2.04. The van der Waals surface area contributed by atoms with Crippen molar-refractivity contribution in [2.24, 2.45) is 0 Å². The van der Waals surface area contributed by atoms with E-state index in [4.69, 9.17) is 5.11 Å². The van der Waals surface area contributed by atoms with Crippen LogP contribution < -0.4 is 0 Å². The van der Waals surface area contributed by atoms with Crippen LogP contribution in [0.1, 0.15) is 28.8 Å². The lowest BCUT2D eigenvalue weighted by atomic mass is 10.0. The van der Waals surface area contributed by atoms with E-state index in [1.54, 1.807) is 12.1 Å². The summed E-state index contributed by atoms with van der Waals surface area (Å²) in [4.78, 5) is 11.4. The molecule has 0 saturated carbocycles. The fourth-order valence-electron chi connectivity index (χ4n) is 1.54. The first kappa shape index (κ1) is 13.7. The summed E-state index contributed by atoms with van der Waals surface area (Å²) in [6.45, 7) is 0. The Hall–Kier alpha value is -0.350. The van der Waals surface area contributed by atoms with Gasteiger partial charge in [0, 0.05) is 10.2 Å². The number of carbonyl (C=O) groups is 1. The van der Waals surface area contributed by atoms with E-state index in [2.05, 4.69) is 31.9 Å². The molecule has 0 amide bonds. The number of hydrogen-bond donors (Lipinski definition) is 1. The van der Waals surface area contributed by atoms with Crippen LogP contribution in [0.25, 0.3) is 0 Å². The summed E-state index contributed by atoms with van der Waals surface area (Å²) in [5.74, 6) is -0.841. The second kappa shape index (κ2) is 7.07. The average molecular weight is 350 g/mol. The molecule has 1 atom stereocenters. The zero-order valence-electron chi connectivity index (χ0n) is 8.83. The first-order valence-corrected chi connectivity index (χ1v) is 7.20. The van der Waals surface area contributed by atoms with Crippen molar-refractivity contribution in [1.82, 2.24) is 0 Å². The maximum atomic E-state index is 11.0. The number of rotatable bonds is 6. The number of carboxylic acid groups (broad SMARTS) is 1. The van der Waals surface area contributed by atoms with E-state index in [-0.39, 0.29) is 0 Å². The standard InChI is InChI=1S/C12H14Br2O2/c13-8-10(14)6-3-5-9-4-1-2-7-11(9)12(15)16/h1-2,4,7,10H,3,5-6,8H2,(H,15,16). The Kier molecular flexibility index (Phi) is 6.06. The van der Waals surface area contributed by atoms with Gasteiger partial charge >= 0.3 is 5.97 Å². The van der Waals surface area contributed by atoms with Crippen molar-refractivity contribution in [3.05, 3.63) is 35.4 Å². The third-order valence-corrected chi connectivity index (χ3v) is 4.81. The molecule has 0 bridgehead atoms. The van der Waals surface area contributed by atoms with E-state index in [9.17, 15) is 4.79 Å². The topological polar surface area (TPSA) is 37.3 Å². The fourth-order valence-corrected chi connectivity index (χ4v) is 2.19. The van der Waals surface area contributed by atoms with E-state index in [0.29, 0.717) is 10.4 Å². The number of benzene rings is 1. The minimum absolute atomic E-state index is 0.424. The highest BCUT2D eigenvalue weighted by Crippen LogP contribution is 2.16. The molecule has 0 saturated heterocycles. The van der Waals surface area contributed by atoms with Crippen molar-refractivity contribution in [3.8, 4) is 0 Å². The van der Waals surface area contributed by atoms with Crippen LogP contribution in [0, 0.1) is 0 Å². The smallest absolute Gasteiger partial charge is 0.335 e. The van der Waals surface area contributed by atoms with Crippen molar-refractivity contribution in [2.75, 3.05) is 5.33 Å². The second-order valence-corrected chi connectivity index (χ2v) is 5.55. The molecule has 1 aromatic carbocycles. The van der Waals surface area contributed by atoms with Crippen LogP contribution in [0.4, 0.5) is 0 Å². The lowest BCUT2D eigenvalue weighted by Gasteiger charge is -2.07. The van der Waals surface area contributed by atoms with Gasteiger partial charge in [0.15, 0.2) is 0 Å². The maximum Gasteiger partial charge on any atom is 0.335 e. The highest BCUT2D eigenvalue weighted by molar-refractivity contribution is 9.12. The third-order valence-electron chi connectivity index (χ3n) is 2.38. The minimum Gasteiger partial charge on any atom is -0.478 e. The summed E-state index contributed by atoms with van der Waals surface area (Å²) >= 11 is 6.93. The summed E-state index contributed by atoms with van der Waals surface area (Å²) in [6.07, 6.45) is 2.85. The predicted octanol–water partition coefficient (Wildman–Crippen LogP) is 3.87. The van der Waals surface area contributed by atoms with Gasteiger partial charge < -0.3 is 5.11 Å². The lowest BCUT2D eigenvalue weighted by molar-refractivity contribution is 0.0695. The van der Waals surface area contributed by atoms with Crippen LogP contribution in [0.5, 0.6) is 0 Å². The number of alkyl halides is 2. The Balaban J connectivity index is 2.56. The SMILES string of the molecule is O=C(O)c1ccccc1CCCC(Br)CBr. The van der Waals surface area contributed by atoms with Gasteiger partial charge in [-0.2, -0.15) is 0 Å². The van der Waals surface area contributed by atoms with E-state index in [0.717, 1.165) is 30.2 Å². The molecule has 1 aromatic rings. The van der Waals surface area contributed by atoms with Crippen LogP contribution >= 0.6 is 31.9 Å². The molecule has 0 aromatic heterocycles. The van der Waals surface area contributed by atoms with Crippen LogP contribution in [-0.2, 0) is 6.42 Å². The van der Waals surface area contributed by atoms with Crippen LogP contribution in [0.2, 0.25) is 0 Å². The quantitative estimate of drug-likeness (QED) is 0.791. The molecular weight excluding hydrogens is 336 g/mol. The zero-order chi connectivity index (χ0) is 12.0. The van der Waals surface area contributed by atoms with Crippen molar-refractivity contribution < 1.29 is 9.90 Å². The number of hydrogen-bond acceptors (Lipinski definition) is 1. The zero-order valence-corrected chi connectivity index (χ0v) is 12.0. The average Bonchev–Trinajstić information content (AvgIpc) is 2.29. The van der Waals surface area contributed by atoms with Crippen molar-refractivity contribution in [1.29, 1.82) is 0 Å². The van der Waals surface area contributed by atoms with E-state index >= 15 is 0 Å². The van der Waals surface area contributed by atoms with Crippen LogP contribution in [-0.4, -0.2) is 21.2 Å². The first-order valence-electron chi connectivity index (χ1n) is 5.16. The molecule has 0 heterocycles. The van der Waals surface area contributed by atoms with Gasteiger partial charge in [0.2, 0.25) is 0 Å². The van der Waals surface area contributed by atoms with Crippen LogP contribution in [0.15, 0.2) is 24.3 Å².